The first-order chi connectivity index (χ1) is 18.4. The summed E-state index contributed by atoms with van der Waals surface area (Å²) in [6, 6.07) is 6.36. The molecule has 0 radical (unpaired) electrons. The van der Waals surface area contributed by atoms with Crippen molar-refractivity contribution in [1.29, 1.82) is 0 Å². The maximum Gasteiger partial charge on any atom is 0.341 e. The Hall–Kier alpha value is -3.50. The zero-order chi connectivity index (χ0) is 26.8. The van der Waals surface area contributed by atoms with Crippen LogP contribution in [-0.2, 0) is 35.2 Å². The van der Waals surface area contributed by atoms with Gasteiger partial charge in [0.15, 0.2) is 0 Å². The number of anilines is 2. The van der Waals surface area contributed by atoms with Crippen molar-refractivity contribution in [2.45, 2.75) is 51.4 Å². The molecule has 0 bridgehead atoms. The Bertz CT molecular complexity index is 1330. The van der Waals surface area contributed by atoms with Crippen LogP contribution < -0.4 is 10.6 Å². The molecule has 2 heterocycles. The first kappa shape index (κ1) is 26.1. The first-order valence-corrected chi connectivity index (χ1v) is 14.2. The normalized spacial score (nSPS) is 14.2. The van der Waals surface area contributed by atoms with Crippen LogP contribution in [0.3, 0.4) is 0 Å². The molecule has 0 saturated carbocycles. The van der Waals surface area contributed by atoms with Crippen LogP contribution in [0.1, 0.15) is 88.0 Å². The molecule has 0 unspecified atom stereocenters. The third-order valence-electron chi connectivity index (χ3n) is 6.96. The Morgan fingerprint density at radius 3 is 1.53 bits per heavy atom. The van der Waals surface area contributed by atoms with E-state index in [1.165, 1.54) is 43.0 Å². The van der Waals surface area contributed by atoms with E-state index in [4.69, 9.17) is 9.47 Å². The number of aryl methyl sites for hydroxylation is 2. The van der Waals surface area contributed by atoms with E-state index in [1.54, 1.807) is 18.2 Å². The molecule has 10 heteroatoms. The number of nitrogens with one attached hydrogen (secondary N) is 2. The smallest absolute Gasteiger partial charge is 0.341 e. The van der Waals surface area contributed by atoms with Gasteiger partial charge >= 0.3 is 11.9 Å². The van der Waals surface area contributed by atoms with Gasteiger partial charge in [-0.3, -0.25) is 9.59 Å². The number of fused-ring (bicyclic) bond motifs is 2. The molecule has 0 spiro atoms. The van der Waals surface area contributed by atoms with Gasteiger partial charge in [-0.15, -0.1) is 22.7 Å². The van der Waals surface area contributed by atoms with Crippen molar-refractivity contribution < 1.29 is 28.7 Å². The van der Waals surface area contributed by atoms with Crippen LogP contribution in [0.15, 0.2) is 24.3 Å². The molecule has 38 heavy (non-hydrogen) atoms. The Morgan fingerprint density at radius 1 is 0.684 bits per heavy atom. The lowest BCUT2D eigenvalue weighted by atomic mass is 9.95. The predicted octanol–water partition coefficient (Wildman–Crippen LogP) is 5.65. The predicted molar refractivity (Wildman–Crippen MR) is 147 cm³/mol. The lowest BCUT2D eigenvalue weighted by Crippen LogP contribution is -2.17. The van der Waals surface area contributed by atoms with Crippen molar-refractivity contribution in [3.05, 3.63) is 67.4 Å². The highest BCUT2D eigenvalue weighted by Gasteiger charge is 2.29. The fraction of sp³-hybridized carbons (Fsp3) is 0.357. The summed E-state index contributed by atoms with van der Waals surface area (Å²) in [4.78, 5) is 53.6. The molecule has 3 aromatic rings. The van der Waals surface area contributed by atoms with E-state index < -0.39 is 23.8 Å². The summed E-state index contributed by atoms with van der Waals surface area (Å²) in [6.07, 6.45) is 7.37. The highest BCUT2D eigenvalue weighted by molar-refractivity contribution is 7.17. The number of benzene rings is 1. The third-order valence-corrected chi connectivity index (χ3v) is 9.38. The minimum atomic E-state index is -0.465. The number of hydrogen-bond donors (Lipinski definition) is 2. The molecule has 0 saturated heterocycles. The van der Waals surface area contributed by atoms with Gasteiger partial charge in [0.25, 0.3) is 11.8 Å². The number of thiophene rings is 2. The van der Waals surface area contributed by atoms with Crippen molar-refractivity contribution >= 4 is 56.4 Å². The zero-order valence-corrected chi connectivity index (χ0v) is 22.9. The monoisotopic (exact) mass is 552 g/mol. The first-order valence-electron chi connectivity index (χ1n) is 12.6. The fourth-order valence-electron chi connectivity index (χ4n) is 5.10. The summed E-state index contributed by atoms with van der Waals surface area (Å²) in [7, 11) is 2.66. The Kier molecular flexibility index (Phi) is 7.62. The molecule has 0 aliphatic heterocycles. The summed E-state index contributed by atoms with van der Waals surface area (Å²) >= 11 is 2.81. The highest BCUT2D eigenvalue weighted by atomic mass is 32.1. The number of carbonyl (C=O) groups excluding carboxylic acids is 4. The molecular formula is C28H28N2O6S2. The number of carbonyl (C=O) groups is 4. The van der Waals surface area contributed by atoms with E-state index in [0.29, 0.717) is 21.1 Å². The molecule has 0 atom stereocenters. The summed E-state index contributed by atoms with van der Waals surface area (Å²) in [5.41, 5.74) is 3.31. The number of esters is 2. The topological polar surface area (TPSA) is 111 Å². The number of rotatable bonds is 6. The van der Waals surface area contributed by atoms with Gasteiger partial charge in [0.05, 0.1) is 25.3 Å². The summed E-state index contributed by atoms with van der Waals surface area (Å²) in [5, 5.41) is 6.67. The molecule has 2 aliphatic carbocycles. The van der Waals surface area contributed by atoms with Crippen LogP contribution in [0.25, 0.3) is 0 Å². The molecule has 198 valence electrons. The van der Waals surface area contributed by atoms with E-state index >= 15 is 0 Å². The Morgan fingerprint density at radius 2 is 1.11 bits per heavy atom. The van der Waals surface area contributed by atoms with Crippen LogP contribution in [0, 0.1) is 0 Å². The minimum absolute atomic E-state index is 0.276. The van der Waals surface area contributed by atoms with E-state index in [0.717, 1.165) is 72.2 Å². The third kappa shape index (κ3) is 4.98. The van der Waals surface area contributed by atoms with Gasteiger partial charge in [-0.25, -0.2) is 9.59 Å². The summed E-state index contributed by atoms with van der Waals surface area (Å²) in [5.74, 6) is -1.78. The average molecular weight is 553 g/mol. The minimum Gasteiger partial charge on any atom is -0.465 e. The van der Waals surface area contributed by atoms with Gasteiger partial charge < -0.3 is 20.1 Å². The van der Waals surface area contributed by atoms with Crippen molar-refractivity contribution in [1.82, 2.24) is 0 Å². The van der Waals surface area contributed by atoms with E-state index in [2.05, 4.69) is 10.6 Å². The number of ether oxygens (including phenoxy) is 2. The quantitative estimate of drug-likeness (QED) is 0.383. The van der Waals surface area contributed by atoms with Gasteiger partial charge in [-0.2, -0.15) is 0 Å². The Labute approximate surface area is 228 Å². The molecule has 2 N–H and O–H groups in total. The maximum absolute atomic E-state index is 13.2. The molecule has 2 aromatic heterocycles. The average Bonchev–Trinajstić information content (AvgIpc) is 3.49. The Balaban J connectivity index is 1.38. The highest BCUT2D eigenvalue weighted by Crippen LogP contribution is 2.40. The molecule has 8 nitrogen and oxygen atoms in total. The zero-order valence-electron chi connectivity index (χ0n) is 21.2. The maximum atomic E-state index is 13.2. The standard InChI is InChI=1S/C28H28N2O6S2/c1-35-27(33)21-17-10-3-5-12-19(17)37-25(21)29-23(31)15-8-7-9-16(14-15)24(32)30-26-22(28(34)36-2)18-11-4-6-13-20(18)38-26/h7-9,14H,3-6,10-13H2,1-2H3,(H,29,31)(H,30,32). The molecule has 5 rings (SSSR count). The van der Waals surface area contributed by atoms with Crippen molar-refractivity contribution in [3.63, 3.8) is 0 Å². The van der Waals surface area contributed by atoms with Crippen LogP contribution in [0.5, 0.6) is 0 Å². The van der Waals surface area contributed by atoms with E-state index in [-0.39, 0.29) is 11.1 Å². The van der Waals surface area contributed by atoms with Crippen molar-refractivity contribution in [3.8, 4) is 0 Å². The summed E-state index contributed by atoms with van der Waals surface area (Å²) < 4.78 is 9.98. The largest absolute Gasteiger partial charge is 0.465 e. The number of amides is 2. The second kappa shape index (κ2) is 11.1. The number of hydrogen-bond acceptors (Lipinski definition) is 8. The van der Waals surface area contributed by atoms with Crippen molar-refractivity contribution in [2.24, 2.45) is 0 Å². The van der Waals surface area contributed by atoms with E-state index in [9.17, 15) is 19.2 Å². The number of methoxy groups -OCH3 is 2. The van der Waals surface area contributed by atoms with Crippen LogP contribution in [0.2, 0.25) is 0 Å². The fourth-order valence-corrected chi connectivity index (χ4v) is 7.64. The van der Waals surface area contributed by atoms with Gasteiger partial charge in [0.2, 0.25) is 0 Å². The summed E-state index contributed by atoms with van der Waals surface area (Å²) in [6.45, 7) is 0. The lowest BCUT2D eigenvalue weighted by molar-refractivity contribution is 0.0591. The van der Waals surface area contributed by atoms with Crippen molar-refractivity contribution in [2.75, 3.05) is 24.9 Å². The van der Waals surface area contributed by atoms with Gasteiger partial charge in [-0.1, -0.05) is 6.07 Å². The van der Waals surface area contributed by atoms with Gasteiger partial charge in [0, 0.05) is 20.9 Å². The van der Waals surface area contributed by atoms with Crippen LogP contribution >= 0.6 is 22.7 Å². The van der Waals surface area contributed by atoms with E-state index in [1.807, 2.05) is 0 Å². The van der Waals surface area contributed by atoms with Crippen LogP contribution in [-0.4, -0.2) is 38.0 Å². The van der Waals surface area contributed by atoms with Gasteiger partial charge in [-0.05, 0) is 80.7 Å². The second-order valence-electron chi connectivity index (χ2n) is 9.30. The molecule has 1 aromatic carbocycles. The van der Waals surface area contributed by atoms with Crippen LogP contribution in [0.4, 0.5) is 10.0 Å². The SMILES string of the molecule is COC(=O)c1c(NC(=O)c2cccc(C(=O)Nc3sc4c(c3C(=O)OC)CCCC4)c2)sc2c1CCCC2. The van der Waals surface area contributed by atoms with Gasteiger partial charge in [0.1, 0.15) is 10.0 Å². The molecular weight excluding hydrogens is 524 g/mol. The second-order valence-corrected chi connectivity index (χ2v) is 11.5. The lowest BCUT2D eigenvalue weighted by Gasteiger charge is -2.12. The molecule has 2 amide bonds. The molecule has 0 fully saturated rings. The molecule has 2 aliphatic rings.